The highest BCUT2D eigenvalue weighted by atomic mass is 35.5. The van der Waals surface area contributed by atoms with Crippen molar-refractivity contribution in [1.29, 1.82) is 0 Å². The first-order chi connectivity index (χ1) is 11.1. The number of nitrogens with zero attached hydrogens (tertiary/aromatic N) is 4. The summed E-state index contributed by atoms with van der Waals surface area (Å²) in [6.45, 7) is 2.00. The fourth-order valence-electron chi connectivity index (χ4n) is 2.84. The number of fused-ring (bicyclic) bond motifs is 1. The Bertz CT molecular complexity index is 897. The van der Waals surface area contributed by atoms with E-state index in [-0.39, 0.29) is 6.04 Å². The van der Waals surface area contributed by atoms with E-state index in [1.165, 1.54) is 6.33 Å². The van der Waals surface area contributed by atoms with Crippen LogP contribution in [-0.4, -0.2) is 25.0 Å². The lowest BCUT2D eigenvalue weighted by Crippen LogP contribution is -2.24. The third-order valence-electron chi connectivity index (χ3n) is 3.84. The number of aromatic amines is 1. The lowest BCUT2D eigenvalue weighted by molar-refractivity contribution is 0.616. The predicted octanol–water partition coefficient (Wildman–Crippen LogP) is 3.75. The third-order valence-corrected chi connectivity index (χ3v) is 4.58. The van der Waals surface area contributed by atoms with Crippen molar-refractivity contribution in [1.82, 2.24) is 25.0 Å². The van der Waals surface area contributed by atoms with Gasteiger partial charge in [0, 0.05) is 17.3 Å². The maximum Gasteiger partial charge on any atom is 0.155 e. The summed E-state index contributed by atoms with van der Waals surface area (Å²) < 4.78 is 1.89. The van der Waals surface area contributed by atoms with Gasteiger partial charge in [-0.1, -0.05) is 29.3 Å². The molecule has 116 valence electrons. The molecule has 4 rings (SSSR count). The molecule has 1 aliphatic heterocycles. The van der Waals surface area contributed by atoms with Gasteiger partial charge in [-0.3, -0.25) is 5.10 Å². The van der Waals surface area contributed by atoms with Crippen molar-refractivity contribution in [3.8, 4) is 0 Å². The van der Waals surface area contributed by atoms with Gasteiger partial charge in [0.05, 0.1) is 16.2 Å². The Kier molecular flexibility index (Phi) is 3.36. The average Bonchev–Trinajstić information content (AvgIpc) is 3.19. The molecule has 23 heavy (non-hydrogen) atoms. The lowest BCUT2D eigenvalue weighted by atomic mass is 9.95. The molecule has 0 saturated heterocycles. The second-order valence-electron chi connectivity index (χ2n) is 5.23. The Balaban J connectivity index is 1.94. The zero-order valence-corrected chi connectivity index (χ0v) is 13.6. The number of allylic oxidation sites excluding steroid dienone is 2. The van der Waals surface area contributed by atoms with Crippen LogP contribution in [0.2, 0.25) is 10.0 Å². The van der Waals surface area contributed by atoms with Gasteiger partial charge in [-0.05, 0) is 24.6 Å². The van der Waals surface area contributed by atoms with Crippen LogP contribution < -0.4 is 5.32 Å². The Labute approximate surface area is 142 Å². The number of rotatable bonds is 2. The van der Waals surface area contributed by atoms with Crippen LogP contribution in [0.15, 0.2) is 42.5 Å². The summed E-state index contributed by atoms with van der Waals surface area (Å²) in [5.74, 6) is 1.59. The van der Waals surface area contributed by atoms with Gasteiger partial charge in [0.15, 0.2) is 5.82 Å². The van der Waals surface area contributed by atoms with E-state index in [4.69, 9.17) is 23.2 Å². The molecule has 3 aromatic rings. The second kappa shape index (κ2) is 5.40. The van der Waals surface area contributed by atoms with Crippen LogP contribution in [0.3, 0.4) is 0 Å². The van der Waals surface area contributed by atoms with Crippen molar-refractivity contribution in [3.05, 3.63) is 63.9 Å². The second-order valence-corrected chi connectivity index (χ2v) is 6.05. The van der Waals surface area contributed by atoms with Gasteiger partial charge < -0.3 is 5.32 Å². The highest BCUT2D eigenvalue weighted by molar-refractivity contribution is 6.42. The molecule has 0 fully saturated rings. The molecule has 2 N–H and O–H groups in total. The van der Waals surface area contributed by atoms with Crippen molar-refractivity contribution >= 4 is 34.6 Å². The zero-order valence-electron chi connectivity index (χ0n) is 12.1. The Hall–Kier alpha value is -2.31. The summed E-state index contributed by atoms with van der Waals surface area (Å²) in [6.07, 6.45) is 3.24. The first-order valence-electron chi connectivity index (χ1n) is 6.97. The minimum absolute atomic E-state index is 0.177. The van der Waals surface area contributed by atoms with Crippen LogP contribution in [-0.2, 0) is 0 Å². The van der Waals surface area contributed by atoms with Gasteiger partial charge in [-0.25, -0.2) is 9.67 Å². The van der Waals surface area contributed by atoms with E-state index in [9.17, 15) is 0 Å². The molecule has 8 heteroatoms. The number of hydrogen-bond donors (Lipinski definition) is 2. The molecule has 1 aliphatic rings. The molecule has 0 bridgehead atoms. The molecule has 2 aromatic heterocycles. The number of halogens is 2. The maximum absolute atomic E-state index is 6.21. The monoisotopic (exact) mass is 346 g/mol. The molecule has 0 amide bonds. The van der Waals surface area contributed by atoms with E-state index in [0.29, 0.717) is 15.9 Å². The van der Waals surface area contributed by atoms with E-state index in [1.54, 1.807) is 12.3 Å². The first-order valence-corrected chi connectivity index (χ1v) is 7.72. The molecule has 0 spiro atoms. The van der Waals surface area contributed by atoms with E-state index in [1.807, 2.05) is 29.8 Å². The molecule has 3 heterocycles. The molecule has 0 unspecified atom stereocenters. The van der Waals surface area contributed by atoms with Crippen molar-refractivity contribution in [3.63, 3.8) is 0 Å². The van der Waals surface area contributed by atoms with Crippen LogP contribution in [0.1, 0.15) is 24.4 Å². The molecule has 6 nitrogen and oxygen atoms in total. The lowest BCUT2D eigenvalue weighted by Gasteiger charge is -2.29. The number of anilines is 1. The van der Waals surface area contributed by atoms with Crippen LogP contribution >= 0.6 is 23.2 Å². The van der Waals surface area contributed by atoms with E-state index in [0.717, 1.165) is 22.7 Å². The number of hydrogen-bond acceptors (Lipinski definition) is 4. The van der Waals surface area contributed by atoms with E-state index < -0.39 is 0 Å². The van der Waals surface area contributed by atoms with Crippen LogP contribution in [0, 0.1) is 0 Å². The summed E-state index contributed by atoms with van der Waals surface area (Å²) in [4.78, 5) is 4.30. The van der Waals surface area contributed by atoms with Crippen molar-refractivity contribution in [2.24, 2.45) is 0 Å². The normalized spacial score (nSPS) is 17.1. The highest BCUT2D eigenvalue weighted by Gasteiger charge is 2.31. The van der Waals surface area contributed by atoms with Gasteiger partial charge in [0.25, 0.3) is 0 Å². The maximum atomic E-state index is 6.21. The molecular formula is C15H12Cl2N6. The predicted molar refractivity (Wildman–Crippen MR) is 89.4 cm³/mol. The number of nitrogens with one attached hydrogen (secondary N) is 2. The average molecular weight is 347 g/mol. The quantitative estimate of drug-likeness (QED) is 0.741. The fourth-order valence-corrected chi connectivity index (χ4v) is 3.15. The largest absolute Gasteiger partial charge is 0.344 e. The summed E-state index contributed by atoms with van der Waals surface area (Å²) in [6, 6.07) is 7.33. The Morgan fingerprint density at radius 2 is 2.04 bits per heavy atom. The molecule has 0 radical (unpaired) electrons. The van der Waals surface area contributed by atoms with Crippen LogP contribution in [0.25, 0.3) is 5.57 Å². The minimum Gasteiger partial charge on any atom is -0.344 e. The number of H-pyrrole nitrogens is 1. The van der Waals surface area contributed by atoms with Crippen LogP contribution in [0.5, 0.6) is 0 Å². The Morgan fingerprint density at radius 1 is 1.17 bits per heavy atom. The molecule has 1 atom stereocenters. The van der Waals surface area contributed by atoms with Gasteiger partial charge in [-0.15, -0.1) is 0 Å². The van der Waals surface area contributed by atoms with Crippen molar-refractivity contribution in [2.45, 2.75) is 13.0 Å². The van der Waals surface area contributed by atoms with Gasteiger partial charge in [0.2, 0.25) is 0 Å². The van der Waals surface area contributed by atoms with Crippen molar-refractivity contribution in [2.75, 3.05) is 5.32 Å². The summed E-state index contributed by atoms with van der Waals surface area (Å²) in [7, 11) is 0. The van der Waals surface area contributed by atoms with E-state index in [2.05, 4.69) is 25.6 Å². The topological polar surface area (TPSA) is 71.4 Å². The summed E-state index contributed by atoms with van der Waals surface area (Å²) in [5, 5.41) is 15.7. The van der Waals surface area contributed by atoms with Crippen LogP contribution in [0.4, 0.5) is 5.82 Å². The zero-order chi connectivity index (χ0) is 16.0. The number of benzene rings is 1. The first kappa shape index (κ1) is 14.3. The highest BCUT2D eigenvalue weighted by Crippen LogP contribution is 2.40. The number of aromatic nitrogens is 5. The standard InChI is InChI=1S/C15H12Cl2N6/c1-8-13(15-18-7-19-22-15)14(23-12(21-8)4-5-20-23)9-2-3-10(16)11(17)6-9/h2-7,14,21H,1H3,(H,18,19,22)/t14-/m1/s1. The third kappa shape index (κ3) is 2.31. The van der Waals surface area contributed by atoms with Gasteiger partial charge in [0.1, 0.15) is 18.2 Å². The Morgan fingerprint density at radius 3 is 2.78 bits per heavy atom. The smallest absolute Gasteiger partial charge is 0.155 e. The van der Waals surface area contributed by atoms with Gasteiger partial charge in [-0.2, -0.15) is 10.2 Å². The molecule has 0 aliphatic carbocycles. The summed E-state index contributed by atoms with van der Waals surface area (Å²) in [5.41, 5.74) is 2.90. The molecular weight excluding hydrogens is 335 g/mol. The summed E-state index contributed by atoms with van der Waals surface area (Å²) >= 11 is 12.3. The van der Waals surface area contributed by atoms with Gasteiger partial charge >= 0.3 is 0 Å². The van der Waals surface area contributed by atoms with Crippen molar-refractivity contribution < 1.29 is 0 Å². The molecule has 0 saturated carbocycles. The van der Waals surface area contributed by atoms with E-state index >= 15 is 0 Å². The minimum atomic E-state index is -0.177. The SMILES string of the molecule is CC1=C(c2ncn[nH]2)[C@@H](c2ccc(Cl)c(Cl)c2)n2nccc2N1. The fraction of sp³-hybridized carbons (Fsp3) is 0.133. The molecule has 1 aromatic carbocycles.